The lowest BCUT2D eigenvalue weighted by molar-refractivity contribution is 0.163. The van der Waals surface area contributed by atoms with Gasteiger partial charge in [0.1, 0.15) is 0 Å². The third-order valence-corrected chi connectivity index (χ3v) is 6.83. The van der Waals surface area contributed by atoms with Gasteiger partial charge in [-0.2, -0.15) is 0 Å². The van der Waals surface area contributed by atoms with Crippen molar-refractivity contribution in [2.24, 2.45) is 29.4 Å². The Hall–Kier alpha value is 0.650. The van der Waals surface area contributed by atoms with Crippen molar-refractivity contribution in [2.75, 3.05) is 6.54 Å². The van der Waals surface area contributed by atoms with E-state index in [1.165, 1.54) is 51.5 Å². The molecule has 124 valence electrons. The molecule has 0 aromatic heterocycles. The van der Waals surface area contributed by atoms with Crippen molar-refractivity contribution in [3.63, 3.8) is 0 Å². The van der Waals surface area contributed by atoms with Crippen LogP contribution >= 0.6 is 22.6 Å². The minimum Gasteiger partial charge on any atom is -0.327 e. The topological polar surface area (TPSA) is 38.0 Å². The second kappa shape index (κ2) is 8.49. The quantitative estimate of drug-likeness (QED) is 0.526. The van der Waals surface area contributed by atoms with Crippen LogP contribution in [0.3, 0.4) is 0 Å². The summed E-state index contributed by atoms with van der Waals surface area (Å²) in [5.74, 6) is 3.19. The summed E-state index contributed by atoms with van der Waals surface area (Å²) in [5, 5.41) is 3.97. The fraction of sp³-hybridized carbons (Fsp3) is 1.00. The molecule has 0 aromatic rings. The highest BCUT2D eigenvalue weighted by Gasteiger charge is 2.35. The first-order valence-electron chi connectivity index (χ1n) is 9.13. The maximum atomic E-state index is 6.42. The smallest absolute Gasteiger partial charge is 0.0127 e. The number of rotatable bonds is 5. The highest BCUT2D eigenvalue weighted by atomic mass is 127. The van der Waals surface area contributed by atoms with Crippen LogP contribution in [0.1, 0.15) is 65.7 Å². The van der Waals surface area contributed by atoms with E-state index in [2.05, 4.69) is 48.7 Å². The van der Waals surface area contributed by atoms with Gasteiger partial charge < -0.3 is 11.1 Å². The van der Waals surface area contributed by atoms with Gasteiger partial charge in [-0.15, -0.1) is 0 Å². The van der Waals surface area contributed by atoms with Gasteiger partial charge in [-0.3, -0.25) is 0 Å². The summed E-state index contributed by atoms with van der Waals surface area (Å²) in [4.78, 5) is 0. The summed E-state index contributed by atoms with van der Waals surface area (Å²) in [5.41, 5.74) is 6.42. The summed E-state index contributed by atoms with van der Waals surface area (Å²) < 4.78 is 0.692. The summed E-state index contributed by atoms with van der Waals surface area (Å²) in [6, 6.07) is 1.17. The molecule has 3 N–H and O–H groups in total. The molecule has 0 spiro atoms. The minimum atomic E-state index is 0.421. The van der Waals surface area contributed by atoms with Crippen LogP contribution in [0.5, 0.6) is 0 Å². The normalized spacial score (nSPS) is 39.4. The van der Waals surface area contributed by atoms with E-state index >= 15 is 0 Å². The standard InChI is InChI=1S/C18H35IN2/c1-12(2)15-8-4-5-10-17(15)21-11-14-7-6-9-16(20)18(14)13(3)19/h12-18,21H,4-11,20H2,1-3H3/t13?,14?,15-,16+,17+,18+/m1/s1. The van der Waals surface area contributed by atoms with Crippen molar-refractivity contribution in [3.8, 4) is 0 Å². The Morgan fingerprint density at radius 1 is 1.05 bits per heavy atom. The molecule has 21 heavy (non-hydrogen) atoms. The van der Waals surface area contributed by atoms with Gasteiger partial charge in [0, 0.05) is 16.0 Å². The van der Waals surface area contributed by atoms with Crippen LogP contribution in [0.2, 0.25) is 0 Å². The van der Waals surface area contributed by atoms with Crippen LogP contribution in [0.4, 0.5) is 0 Å². The minimum absolute atomic E-state index is 0.421. The monoisotopic (exact) mass is 406 g/mol. The first kappa shape index (κ1) is 18.0. The van der Waals surface area contributed by atoms with Gasteiger partial charge in [0.15, 0.2) is 0 Å². The van der Waals surface area contributed by atoms with Crippen LogP contribution in [0.15, 0.2) is 0 Å². The molecule has 2 nitrogen and oxygen atoms in total. The van der Waals surface area contributed by atoms with Crippen LogP contribution in [-0.2, 0) is 0 Å². The van der Waals surface area contributed by atoms with Crippen LogP contribution < -0.4 is 11.1 Å². The number of hydrogen-bond acceptors (Lipinski definition) is 2. The van der Waals surface area contributed by atoms with Crippen LogP contribution in [-0.4, -0.2) is 22.6 Å². The van der Waals surface area contributed by atoms with E-state index in [-0.39, 0.29) is 0 Å². The predicted octanol–water partition coefficient (Wildman–Crippen LogP) is 4.36. The maximum absolute atomic E-state index is 6.42. The Balaban J connectivity index is 1.90. The van der Waals surface area contributed by atoms with Crippen molar-refractivity contribution in [1.29, 1.82) is 0 Å². The van der Waals surface area contributed by atoms with Crippen LogP contribution in [0.25, 0.3) is 0 Å². The molecule has 0 aromatic carbocycles. The molecule has 3 heteroatoms. The molecule has 6 atom stereocenters. The lowest BCUT2D eigenvalue weighted by Crippen LogP contribution is -2.49. The number of nitrogens with two attached hydrogens (primary N) is 1. The third kappa shape index (κ3) is 4.81. The summed E-state index contributed by atoms with van der Waals surface area (Å²) in [6.45, 7) is 8.34. The molecule has 2 fully saturated rings. The first-order valence-corrected chi connectivity index (χ1v) is 10.4. The zero-order valence-corrected chi connectivity index (χ0v) is 16.3. The Bertz CT molecular complexity index is 306. The maximum Gasteiger partial charge on any atom is 0.0127 e. The van der Waals surface area contributed by atoms with Gasteiger partial charge in [0.05, 0.1) is 0 Å². The molecule has 0 radical (unpaired) electrons. The summed E-state index contributed by atoms with van der Waals surface area (Å²) in [6.07, 6.45) is 9.58. The number of hydrogen-bond donors (Lipinski definition) is 2. The molecular formula is C18H35IN2. The molecular weight excluding hydrogens is 371 g/mol. The number of nitrogens with one attached hydrogen (secondary N) is 1. The highest BCUT2D eigenvalue weighted by molar-refractivity contribution is 14.1. The molecule has 0 amide bonds. The van der Waals surface area contributed by atoms with Crippen LogP contribution in [0, 0.1) is 23.7 Å². The molecule has 0 aliphatic heterocycles. The summed E-state index contributed by atoms with van der Waals surface area (Å²) >= 11 is 2.59. The van der Waals surface area contributed by atoms with E-state index in [1.807, 2.05) is 0 Å². The van der Waals surface area contributed by atoms with Gasteiger partial charge in [0.25, 0.3) is 0 Å². The second-order valence-corrected chi connectivity index (χ2v) is 9.78. The molecule has 2 aliphatic carbocycles. The number of alkyl halides is 1. The van der Waals surface area contributed by atoms with Gasteiger partial charge >= 0.3 is 0 Å². The average Bonchev–Trinajstić information content (AvgIpc) is 2.44. The Labute approximate surface area is 145 Å². The third-order valence-electron chi connectivity index (χ3n) is 6.00. The molecule has 0 saturated heterocycles. The van der Waals surface area contributed by atoms with Crippen molar-refractivity contribution >= 4 is 22.6 Å². The van der Waals surface area contributed by atoms with Crippen molar-refractivity contribution < 1.29 is 0 Å². The fourth-order valence-electron chi connectivity index (χ4n) is 4.82. The van der Waals surface area contributed by atoms with E-state index in [9.17, 15) is 0 Å². The van der Waals surface area contributed by atoms with Gasteiger partial charge in [-0.25, -0.2) is 0 Å². The molecule has 0 bridgehead atoms. The predicted molar refractivity (Wildman–Crippen MR) is 101 cm³/mol. The highest BCUT2D eigenvalue weighted by Crippen LogP contribution is 2.35. The van der Waals surface area contributed by atoms with E-state index in [4.69, 9.17) is 5.73 Å². The van der Waals surface area contributed by atoms with Crippen molar-refractivity contribution in [3.05, 3.63) is 0 Å². The molecule has 0 heterocycles. The fourth-order valence-corrected chi connectivity index (χ4v) is 5.94. The van der Waals surface area contributed by atoms with E-state index in [1.54, 1.807) is 0 Å². The van der Waals surface area contributed by atoms with E-state index in [0.29, 0.717) is 15.9 Å². The Morgan fingerprint density at radius 2 is 1.76 bits per heavy atom. The molecule has 2 saturated carbocycles. The molecule has 2 unspecified atom stereocenters. The average molecular weight is 406 g/mol. The Kier molecular flexibility index (Phi) is 7.27. The number of halogens is 1. The lowest BCUT2D eigenvalue weighted by atomic mass is 9.73. The first-order chi connectivity index (χ1) is 10.0. The lowest BCUT2D eigenvalue weighted by Gasteiger charge is -2.41. The zero-order chi connectivity index (χ0) is 15.4. The molecule has 2 aliphatic rings. The van der Waals surface area contributed by atoms with Gasteiger partial charge in [-0.05, 0) is 55.9 Å². The molecule has 2 rings (SSSR count). The summed E-state index contributed by atoms with van der Waals surface area (Å²) in [7, 11) is 0. The van der Waals surface area contributed by atoms with Gasteiger partial charge in [-0.1, -0.05) is 62.6 Å². The van der Waals surface area contributed by atoms with E-state index in [0.717, 1.165) is 23.8 Å². The van der Waals surface area contributed by atoms with Crippen molar-refractivity contribution in [1.82, 2.24) is 5.32 Å². The zero-order valence-electron chi connectivity index (χ0n) is 14.2. The van der Waals surface area contributed by atoms with Crippen molar-refractivity contribution in [2.45, 2.75) is 81.7 Å². The SMILES string of the molecule is CC(I)[C@H]1C(CN[C@H]2CCCC[C@@H]2C(C)C)CCC[C@@H]1N. The van der Waals surface area contributed by atoms with Gasteiger partial charge in [0.2, 0.25) is 0 Å². The largest absolute Gasteiger partial charge is 0.327 e. The Morgan fingerprint density at radius 3 is 2.43 bits per heavy atom. The second-order valence-electron chi connectivity index (χ2n) is 7.82. The van der Waals surface area contributed by atoms with E-state index < -0.39 is 0 Å².